The van der Waals surface area contributed by atoms with Gasteiger partial charge in [-0.2, -0.15) is 0 Å². The largest absolute Gasteiger partial charge is 0.490 e. The van der Waals surface area contributed by atoms with E-state index in [2.05, 4.69) is 15.3 Å². The highest BCUT2D eigenvalue weighted by atomic mass is 35.5. The number of anilines is 2. The molecule has 1 aliphatic rings. The zero-order chi connectivity index (χ0) is 18.6. The first-order chi connectivity index (χ1) is 13.2. The molecule has 3 aromatic rings. The van der Waals surface area contributed by atoms with Crippen molar-refractivity contribution in [3.63, 3.8) is 0 Å². The van der Waals surface area contributed by atoms with Crippen molar-refractivity contribution in [3.8, 4) is 17.0 Å². The number of amides is 2. The average Bonchev–Trinajstić information content (AvgIpc) is 2.90. The monoisotopic (exact) mass is 380 g/mol. The first-order valence-electron chi connectivity index (χ1n) is 8.60. The molecule has 0 spiro atoms. The molecule has 6 nitrogen and oxygen atoms in total. The molecular formula is C20H17ClN4O2. The van der Waals surface area contributed by atoms with Crippen LogP contribution in [0.3, 0.4) is 0 Å². The third-order valence-corrected chi connectivity index (χ3v) is 4.38. The van der Waals surface area contributed by atoms with Gasteiger partial charge in [-0.25, -0.2) is 14.8 Å². The zero-order valence-corrected chi connectivity index (χ0v) is 15.2. The number of rotatable bonds is 2. The van der Waals surface area contributed by atoms with E-state index in [0.29, 0.717) is 42.0 Å². The molecule has 3 heterocycles. The Labute approximate surface area is 161 Å². The molecule has 1 aromatic carbocycles. The second-order valence-corrected chi connectivity index (χ2v) is 6.46. The van der Waals surface area contributed by atoms with Gasteiger partial charge < -0.3 is 4.74 Å². The summed E-state index contributed by atoms with van der Waals surface area (Å²) in [4.78, 5) is 23.3. The molecule has 1 N–H and O–H groups in total. The second kappa shape index (κ2) is 7.63. The molecule has 0 saturated carbocycles. The van der Waals surface area contributed by atoms with Gasteiger partial charge in [-0.1, -0.05) is 29.8 Å². The van der Waals surface area contributed by atoms with Gasteiger partial charge in [-0.15, -0.1) is 0 Å². The minimum Gasteiger partial charge on any atom is -0.490 e. The van der Waals surface area contributed by atoms with Crippen LogP contribution in [0.25, 0.3) is 11.3 Å². The maximum Gasteiger partial charge on any atom is 0.328 e. The van der Waals surface area contributed by atoms with Crippen molar-refractivity contribution in [1.82, 2.24) is 9.97 Å². The summed E-state index contributed by atoms with van der Waals surface area (Å²) >= 11 is 6.10. The number of hydrogen-bond donors (Lipinski definition) is 1. The molecule has 0 aliphatic carbocycles. The highest BCUT2D eigenvalue weighted by Gasteiger charge is 2.24. The third kappa shape index (κ3) is 3.85. The van der Waals surface area contributed by atoms with E-state index >= 15 is 0 Å². The van der Waals surface area contributed by atoms with Gasteiger partial charge in [0.25, 0.3) is 0 Å². The highest BCUT2D eigenvalue weighted by Crippen LogP contribution is 2.33. The molecule has 0 atom stereocenters. The number of pyridine rings is 2. The normalized spacial score (nSPS) is 13.3. The number of aromatic nitrogens is 2. The Kier molecular flexibility index (Phi) is 4.89. The topological polar surface area (TPSA) is 67.4 Å². The van der Waals surface area contributed by atoms with E-state index in [0.717, 1.165) is 11.3 Å². The first-order valence-corrected chi connectivity index (χ1v) is 8.98. The second-order valence-electron chi connectivity index (χ2n) is 6.03. The van der Waals surface area contributed by atoms with Crippen LogP contribution in [0.5, 0.6) is 5.75 Å². The van der Waals surface area contributed by atoms with Crippen LogP contribution in [0.1, 0.15) is 6.42 Å². The summed E-state index contributed by atoms with van der Waals surface area (Å²) in [5.41, 5.74) is 1.59. The molecule has 0 fully saturated rings. The van der Waals surface area contributed by atoms with E-state index in [1.807, 2.05) is 42.5 Å². The van der Waals surface area contributed by atoms with Gasteiger partial charge in [0.15, 0.2) is 11.6 Å². The minimum absolute atomic E-state index is 0.295. The molecule has 0 unspecified atom stereocenters. The van der Waals surface area contributed by atoms with E-state index in [-0.39, 0.29) is 6.03 Å². The molecule has 136 valence electrons. The van der Waals surface area contributed by atoms with Crippen molar-refractivity contribution in [2.24, 2.45) is 0 Å². The Morgan fingerprint density at radius 2 is 2.07 bits per heavy atom. The Morgan fingerprint density at radius 3 is 2.89 bits per heavy atom. The van der Waals surface area contributed by atoms with E-state index in [1.165, 1.54) is 0 Å². The first kappa shape index (κ1) is 17.3. The number of nitrogens with one attached hydrogen (secondary N) is 1. The predicted octanol–water partition coefficient (Wildman–Crippen LogP) is 4.62. The maximum absolute atomic E-state index is 12.8. The summed E-state index contributed by atoms with van der Waals surface area (Å²) < 4.78 is 5.77. The van der Waals surface area contributed by atoms with Crippen molar-refractivity contribution in [1.29, 1.82) is 0 Å². The fraction of sp³-hybridized carbons (Fsp3) is 0.150. The maximum atomic E-state index is 12.8. The van der Waals surface area contributed by atoms with Gasteiger partial charge in [0.05, 0.1) is 12.3 Å². The van der Waals surface area contributed by atoms with Crippen molar-refractivity contribution < 1.29 is 9.53 Å². The zero-order valence-electron chi connectivity index (χ0n) is 14.4. The summed E-state index contributed by atoms with van der Waals surface area (Å²) in [5.74, 6) is 1.55. The van der Waals surface area contributed by atoms with Crippen LogP contribution in [-0.2, 0) is 0 Å². The molecule has 27 heavy (non-hydrogen) atoms. The number of ether oxygens (including phenoxy) is 1. The van der Waals surface area contributed by atoms with Crippen LogP contribution in [0, 0.1) is 0 Å². The molecule has 4 rings (SSSR count). The summed E-state index contributed by atoms with van der Waals surface area (Å²) in [6.45, 7) is 1.02. The molecule has 7 heteroatoms. The number of fused-ring (bicyclic) bond motifs is 1. The Balaban J connectivity index is 1.69. The Hall–Kier alpha value is -3.12. The van der Waals surface area contributed by atoms with Gasteiger partial charge >= 0.3 is 6.03 Å². The summed E-state index contributed by atoms with van der Waals surface area (Å²) in [6, 6.07) is 16.2. The van der Waals surface area contributed by atoms with Crippen LogP contribution in [-0.4, -0.2) is 29.2 Å². The van der Waals surface area contributed by atoms with Gasteiger partial charge in [-0.3, -0.25) is 10.2 Å². The van der Waals surface area contributed by atoms with Crippen LogP contribution >= 0.6 is 11.6 Å². The molecule has 2 amide bonds. The van der Waals surface area contributed by atoms with Gasteiger partial charge in [0, 0.05) is 23.3 Å². The number of carbonyl (C=O) groups is 1. The fourth-order valence-electron chi connectivity index (χ4n) is 2.87. The van der Waals surface area contributed by atoms with Crippen molar-refractivity contribution >= 4 is 29.3 Å². The average molecular weight is 381 g/mol. The lowest BCUT2D eigenvalue weighted by atomic mass is 10.1. The molecule has 0 radical (unpaired) electrons. The lowest BCUT2D eigenvalue weighted by molar-refractivity contribution is 0.256. The Morgan fingerprint density at radius 1 is 1.15 bits per heavy atom. The molecule has 0 bridgehead atoms. The summed E-state index contributed by atoms with van der Waals surface area (Å²) in [7, 11) is 0. The summed E-state index contributed by atoms with van der Waals surface area (Å²) in [5, 5.41) is 3.44. The predicted molar refractivity (Wildman–Crippen MR) is 105 cm³/mol. The molecular weight excluding hydrogens is 364 g/mol. The van der Waals surface area contributed by atoms with E-state index < -0.39 is 0 Å². The molecule has 1 aliphatic heterocycles. The van der Waals surface area contributed by atoms with E-state index in [1.54, 1.807) is 23.2 Å². The van der Waals surface area contributed by atoms with Gasteiger partial charge in [-0.05, 0) is 42.8 Å². The minimum atomic E-state index is -0.295. The van der Waals surface area contributed by atoms with Crippen LogP contribution in [0.4, 0.5) is 16.4 Å². The van der Waals surface area contributed by atoms with Crippen LogP contribution < -0.4 is 15.0 Å². The van der Waals surface area contributed by atoms with E-state index in [4.69, 9.17) is 16.3 Å². The van der Waals surface area contributed by atoms with Crippen LogP contribution in [0.2, 0.25) is 5.02 Å². The number of benzene rings is 1. The Bertz CT molecular complexity index is 965. The number of carbonyl (C=O) groups excluding carboxylic acids is 1. The molecule has 2 aromatic heterocycles. The highest BCUT2D eigenvalue weighted by molar-refractivity contribution is 6.30. The van der Waals surface area contributed by atoms with Crippen molar-refractivity contribution in [3.05, 3.63) is 65.8 Å². The lowest BCUT2D eigenvalue weighted by Gasteiger charge is -2.21. The lowest BCUT2D eigenvalue weighted by Crippen LogP contribution is -2.36. The summed E-state index contributed by atoms with van der Waals surface area (Å²) in [6.07, 6.45) is 2.34. The smallest absolute Gasteiger partial charge is 0.328 e. The number of urea groups is 1. The SMILES string of the molecule is O=C(Nc1ccccn1)N1CCCOc2ccc(-c3cccc(Cl)c3)nc21. The molecule has 0 saturated heterocycles. The van der Waals surface area contributed by atoms with Gasteiger partial charge in [0.1, 0.15) is 5.82 Å². The fourth-order valence-corrected chi connectivity index (χ4v) is 3.06. The van der Waals surface area contributed by atoms with Crippen molar-refractivity contribution in [2.45, 2.75) is 6.42 Å². The standard InChI is InChI=1S/C20H17ClN4O2/c21-15-6-3-5-14(13-15)16-8-9-17-19(23-16)25(11-4-12-27-17)20(26)24-18-7-1-2-10-22-18/h1-3,5-10,13H,4,11-12H2,(H,22,24,26). The van der Waals surface area contributed by atoms with Gasteiger partial charge in [0.2, 0.25) is 0 Å². The number of halogens is 1. The number of hydrogen-bond acceptors (Lipinski definition) is 4. The number of nitrogens with zero attached hydrogens (tertiary/aromatic N) is 3. The van der Waals surface area contributed by atoms with E-state index in [9.17, 15) is 4.79 Å². The third-order valence-electron chi connectivity index (χ3n) is 4.14. The van der Waals surface area contributed by atoms with Crippen molar-refractivity contribution in [2.75, 3.05) is 23.4 Å². The van der Waals surface area contributed by atoms with Crippen LogP contribution in [0.15, 0.2) is 60.8 Å². The quantitative estimate of drug-likeness (QED) is 0.704.